The molecule has 1 atom stereocenters. The summed E-state index contributed by atoms with van der Waals surface area (Å²) in [5, 5.41) is 13.6. The molecule has 1 rings (SSSR count). The molecule has 27 heavy (non-hydrogen) atoms. The predicted octanol–water partition coefficient (Wildman–Crippen LogP) is 2.54. The van der Waals surface area contributed by atoms with Crippen LogP contribution in [0.2, 0.25) is 0 Å². The molecule has 0 radical (unpaired) electrons. The topological polar surface area (TPSA) is 118 Å². The molecule has 1 aromatic rings. The van der Waals surface area contributed by atoms with Crippen LogP contribution in [0.3, 0.4) is 0 Å². The Kier molecular flexibility index (Phi) is 8.27. The van der Waals surface area contributed by atoms with Gasteiger partial charge in [0.2, 0.25) is 5.91 Å². The van der Waals surface area contributed by atoms with E-state index < -0.39 is 29.6 Å². The number of ether oxygens (including phenoxy) is 2. The largest absolute Gasteiger partial charge is 0.464 e. The molecule has 0 saturated carbocycles. The van der Waals surface area contributed by atoms with E-state index in [0.29, 0.717) is 5.69 Å². The first-order valence-electron chi connectivity index (χ1n) is 8.56. The molecule has 2 N–H and O–H groups in total. The van der Waals surface area contributed by atoms with Crippen LogP contribution in [-0.4, -0.2) is 36.2 Å². The molecule has 0 aromatic heterocycles. The number of carbonyl (C=O) groups excluding carboxylic acids is 3. The van der Waals surface area contributed by atoms with Crippen molar-refractivity contribution in [1.82, 2.24) is 5.32 Å². The van der Waals surface area contributed by atoms with Gasteiger partial charge < -0.3 is 20.1 Å². The summed E-state index contributed by atoms with van der Waals surface area (Å²) in [5.74, 6) is -0.962. The summed E-state index contributed by atoms with van der Waals surface area (Å²) in [4.78, 5) is 35.6. The van der Waals surface area contributed by atoms with Crippen LogP contribution >= 0.6 is 0 Å². The van der Waals surface area contributed by atoms with Crippen molar-refractivity contribution >= 4 is 23.7 Å². The van der Waals surface area contributed by atoms with E-state index in [0.717, 1.165) is 5.56 Å². The lowest BCUT2D eigenvalue weighted by Crippen LogP contribution is -2.45. The molecule has 0 heterocycles. The minimum absolute atomic E-state index is 0.190. The molecule has 146 valence electrons. The maximum Gasteiger partial charge on any atom is 0.408 e. The maximum atomic E-state index is 12.2. The van der Waals surface area contributed by atoms with E-state index in [-0.39, 0.29) is 19.4 Å². The van der Waals surface area contributed by atoms with Crippen LogP contribution in [0.25, 0.3) is 0 Å². The van der Waals surface area contributed by atoms with Crippen molar-refractivity contribution in [3.8, 4) is 6.07 Å². The maximum absolute atomic E-state index is 12.2. The average molecular weight is 375 g/mol. The Bertz CT molecular complexity index is 702. The zero-order valence-electron chi connectivity index (χ0n) is 16.0. The molecular weight excluding hydrogens is 350 g/mol. The number of nitrogens with one attached hydrogen (secondary N) is 2. The van der Waals surface area contributed by atoms with Gasteiger partial charge in [0.05, 0.1) is 12.7 Å². The first kappa shape index (κ1) is 22.0. The number of benzene rings is 1. The van der Waals surface area contributed by atoms with Crippen LogP contribution in [0.4, 0.5) is 10.5 Å². The molecule has 0 saturated heterocycles. The van der Waals surface area contributed by atoms with Gasteiger partial charge in [-0.05, 0) is 45.4 Å². The van der Waals surface area contributed by atoms with Crippen molar-refractivity contribution < 1.29 is 23.9 Å². The fraction of sp³-hybridized carbons (Fsp3) is 0.474. The molecule has 0 aliphatic rings. The van der Waals surface area contributed by atoms with Crippen LogP contribution < -0.4 is 10.6 Å². The number of hydrogen-bond donors (Lipinski definition) is 2. The highest BCUT2D eigenvalue weighted by atomic mass is 16.6. The van der Waals surface area contributed by atoms with Crippen molar-refractivity contribution in [3.05, 3.63) is 29.8 Å². The van der Waals surface area contributed by atoms with Crippen molar-refractivity contribution in [3.63, 3.8) is 0 Å². The minimum Gasteiger partial charge on any atom is -0.464 e. The summed E-state index contributed by atoms with van der Waals surface area (Å²) in [7, 11) is 0. The molecule has 0 spiro atoms. The van der Waals surface area contributed by atoms with Crippen molar-refractivity contribution in [1.29, 1.82) is 5.26 Å². The third kappa shape index (κ3) is 8.72. The lowest BCUT2D eigenvalue weighted by atomic mass is 10.1. The van der Waals surface area contributed by atoms with Crippen LogP contribution in [0, 0.1) is 11.3 Å². The first-order valence-corrected chi connectivity index (χ1v) is 8.56. The van der Waals surface area contributed by atoms with Crippen LogP contribution in [0.5, 0.6) is 0 Å². The van der Waals surface area contributed by atoms with Crippen LogP contribution in [0.15, 0.2) is 24.3 Å². The fourth-order valence-corrected chi connectivity index (χ4v) is 2.12. The van der Waals surface area contributed by atoms with Gasteiger partial charge in [-0.25, -0.2) is 9.59 Å². The summed E-state index contributed by atoms with van der Waals surface area (Å²) >= 11 is 0. The highest BCUT2D eigenvalue weighted by Gasteiger charge is 2.25. The third-order valence-electron chi connectivity index (χ3n) is 3.18. The second-order valence-electron chi connectivity index (χ2n) is 6.73. The number of nitrogens with zero attached hydrogens (tertiary/aromatic N) is 1. The number of carbonyl (C=O) groups is 3. The molecule has 0 aliphatic carbocycles. The second kappa shape index (κ2) is 10.2. The normalized spacial score (nSPS) is 11.7. The monoisotopic (exact) mass is 375 g/mol. The van der Waals surface area contributed by atoms with Gasteiger partial charge in [-0.15, -0.1) is 0 Å². The summed E-state index contributed by atoms with van der Waals surface area (Å²) < 4.78 is 10.2. The summed E-state index contributed by atoms with van der Waals surface area (Å²) in [5.41, 5.74) is 0.598. The van der Waals surface area contributed by atoms with Crippen LogP contribution in [0.1, 0.15) is 39.7 Å². The van der Waals surface area contributed by atoms with Gasteiger partial charge in [-0.3, -0.25) is 4.79 Å². The molecule has 2 amide bonds. The zero-order valence-corrected chi connectivity index (χ0v) is 16.0. The van der Waals surface area contributed by atoms with Crippen molar-refractivity contribution in [2.24, 2.45) is 0 Å². The minimum atomic E-state index is -0.904. The molecule has 8 heteroatoms. The van der Waals surface area contributed by atoms with Gasteiger partial charge in [0.25, 0.3) is 0 Å². The number of nitriles is 1. The van der Waals surface area contributed by atoms with E-state index in [1.807, 2.05) is 0 Å². The summed E-state index contributed by atoms with van der Waals surface area (Å²) in [6, 6.07) is 7.60. The average Bonchev–Trinajstić information content (AvgIpc) is 2.54. The number of anilines is 1. The number of esters is 1. The van der Waals surface area contributed by atoms with Gasteiger partial charge in [0, 0.05) is 12.1 Å². The number of amides is 2. The molecule has 0 bridgehead atoms. The SMILES string of the molecule is CCOC(=O)C(Cc1ccc(NC(=O)CC#N)cc1)NC(=O)OC(C)(C)C. The van der Waals surface area contributed by atoms with E-state index in [4.69, 9.17) is 14.7 Å². The Hall–Kier alpha value is -3.08. The highest BCUT2D eigenvalue weighted by molar-refractivity contribution is 5.92. The lowest BCUT2D eigenvalue weighted by molar-refractivity contribution is -0.145. The van der Waals surface area contributed by atoms with E-state index in [1.165, 1.54) is 0 Å². The Morgan fingerprint density at radius 2 is 1.81 bits per heavy atom. The second-order valence-corrected chi connectivity index (χ2v) is 6.73. The van der Waals surface area contributed by atoms with Crippen molar-refractivity contribution in [2.75, 3.05) is 11.9 Å². The van der Waals surface area contributed by atoms with E-state index in [2.05, 4.69) is 10.6 Å². The fourth-order valence-electron chi connectivity index (χ4n) is 2.12. The van der Waals surface area contributed by atoms with Gasteiger partial charge in [0.1, 0.15) is 18.1 Å². The molecule has 1 unspecified atom stereocenters. The van der Waals surface area contributed by atoms with Gasteiger partial charge in [-0.1, -0.05) is 12.1 Å². The smallest absolute Gasteiger partial charge is 0.408 e. The zero-order chi connectivity index (χ0) is 20.4. The molecule has 1 aromatic carbocycles. The molecule has 8 nitrogen and oxygen atoms in total. The van der Waals surface area contributed by atoms with Gasteiger partial charge in [-0.2, -0.15) is 5.26 Å². The molecule has 0 fully saturated rings. The first-order chi connectivity index (χ1) is 12.6. The van der Waals surface area contributed by atoms with Gasteiger partial charge in [0.15, 0.2) is 0 Å². The standard InChI is InChI=1S/C19H25N3O5/c1-5-26-17(24)15(22-18(25)27-19(2,3)4)12-13-6-8-14(9-7-13)21-16(23)10-11-20/h6-9,15H,5,10,12H2,1-4H3,(H,21,23)(H,22,25). The number of alkyl carbamates (subject to hydrolysis) is 1. The number of hydrogen-bond acceptors (Lipinski definition) is 6. The van der Waals surface area contributed by atoms with Gasteiger partial charge >= 0.3 is 12.1 Å². The Morgan fingerprint density at radius 3 is 2.33 bits per heavy atom. The van der Waals surface area contributed by atoms with Crippen molar-refractivity contribution in [2.45, 2.75) is 52.2 Å². The third-order valence-corrected chi connectivity index (χ3v) is 3.18. The van der Waals surface area contributed by atoms with E-state index >= 15 is 0 Å². The Morgan fingerprint density at radius 1 is 1.19 bits per heavy atom. The Balaban J connectivity index is 2.80. The molecule has 0 aliphatic heterocycles. The quantitative estimate of drug-likeness (QED) is 0.707. The van der Waals surface area contributed by atoms with E-state index in [1.54, 1.807) is 58.0 Å². The number of rotatable bonds is 7. The predicted molar refractivity (Wildman–Crippen MR) is 98.8 cm³/mol. The Labute approximate surface area is 158 Å². The van der Waals surface area contributed by atoms with Crippen LogP contribution in [-0.2, 0) is 25.5 Å². The van der Waals surface area contributed by atoms with E-state index in [9.17, 15) is 14.4 Å². The highest BCUT2D eigenvalue weighted by Crippen LogP contribution is 2.13. The summed E-state index contributed by atoms with van der Waals surface area (Å²) in [6.07, 6.45) is -0.738. The molecular formula is C19H25N3O5. The lowest BCUT2D eigenvalue weighted by Gasteiger charge is -2.23. The summed E-state index contributed by atoms with van der Waals surface area (Å²) in [6.45, 7) is 7.05.